The molecule has 0 saturated carbocycles. The molecule has 84 valence electrons. The molecule has 1 heterocycles. The molecule has 0 unspecified atom stereocenters. The summed E-state index contributed by atoms with van der Waals surface area (Å²) in [5.41, 5.74) is 2.67. The molecular weight excluding hydrogens is 278 g/mol. The molecule has 0 saturated heterocycles. The summed E-state index contributed by atoms with van der Waals surface area (Å²) in [7, 11) is 0. The fourth-order valence-corrected chi connectivity index (χ4v) is 1.87. The zero-order valence-electron chi connectivity index (χ0n) is 9.02. The zero-order chi connectivity index (χ0) is 12.1. The molecule has 0 fully saturated rings. The Kier molecular flexibility index (Phi) is 3.73. The summed E-state index contributed by atoms with van der Waals surface area (Å²) in [6.07, 6.45) is 3.56. The van der Waals surface area contributed by atoms with Gasteiger partial charge >= 0.3 is 0 Å². The molecule has 1 aromatic carbocycles. The van der Waals surface area contributed by atoms with Crippen molar-refractivity contribution in [2.24, 2.45) is 0 Å². The molecule has 0 spiro atoms. The average molecular weight is 288 g/mol. The Morgan fingerprint density at radius 2 is 2.18 bits per heavy atom. The fraction of sp³-hybridized carbons (Fsp3) is 0.0769. The molecule has 0 atom stereocenters. The second kappa shape index (κ2) is 5.46. The minimum atomic E-state index is 0.655. The van der Waals surface area contributed by atoms with E-state index in [1.54, 1.807) is 12.3 Å². The molecule has 1 N–H and O–H groups in total. The van der Waals surface area contributed by atoms with Crippen LogP contribution in [0.15, 0.2) is 47.2 Å². The van der Waals surface area contributed by atoms with Crippen molar-refractivity contribution >= 4 is 21.6 Å². The summed E-state index contributed by atoms with van der Waals surface area (Å²) in [6.45, 7) is 0.682. The molecule has 3 nitrogen and oxygen atoms in total. The van der Waals surface area contributed by atoms with E-state index in [0.29, 0.717) is 12.1 Å². The van der Waals surface area contributed by atoms with Crippen LogP contribution in [0.4, 0.5) is 5.69 Å². The Hall–Kier alpha value is -1.86. The van der Waals surface area contributed by atoms with Crippen LogP contribution >= 0.6 is 15.9 Å². The number of aromatic nitrogens is 1. The summed E-state index contributed by atoms with van der Waals surface area (Å²) in [6, 6.07) is 11.5. The maximum absolute atomic E-state index is 8.79. The van der Waals surface area contributed by atoms with E-state index in [1.165, 1.54) is 0 Å². The van der Waals surface area contributed by atoms with Gasteiger partial charge in [0.2, 0.25) is 0 Å². The summed E-state index contributed by atoms with van der Waals surface area (Å²) >= 11 is 3.38. The van der Waals surface area contributed by atoms with Gasteiger partial charge in [-0.05, 0) is 45.8 Å². The quantitative estimate of drug-likeness (QED) is 0.942. The van der Waals surface area contributed by atoms with Crippen molar-refractivity contribution in [3.63, 3.8) is 0 Å². The molecule has 1 aromatic heterocycles. The van der Waals surface area contributed by atoms with Crippen molar-refractivity contribution in [3.05, 3.63) is 58.3 Å². The van der Waals surface area contributed by atoms with Crippen LogP contribution in [-0.2, 0) is 6.54 Å². The van der Waals surface area contributed by atoms with Crippen molar-refractivity contribution < 1.29 is 0 Å². The molecular formula is C13H10BrN3. The van der Waals surface area contributed by atoms with Crippen LogP contribution in [0.3, 0.4) is 0 Å². The molecule has 0 bridgehead atoms. The Morgan fingerprint density at radius 3 is 2.94 bits per heavy atom. The number of anilines is 1. The first kappa shape index (κ1) is 11.6. The largest absolute Gasteiger partial charge is 0.381 e. The number of benzene rings is 1. The fourth-order valence-electron chi connectivity index (χ4n) is 1.46. The topological polar surface area (TPSA) is 48.7 Å². The van der Waals surface area contributed by atoms with E-state index < -0.39 is 0 Å². The molecule has 0 radical (unpaired) electrons. The highest BCUT2D eigenvalue weighted by atomic mass is 79.9. The lowest BCUT2D eigenvalue weighted by molar-refractivity contribution is 1.11. The second-order valence-electron chi connectivity index (χ2n) is 3.56. The molecule has 0 amide bonds. The lowest BCUT2D eigenvalue weighted by atomic mass is 10.2. The van der Waals surface area contributed by atoms with E-state index in [-0.39, 0.29) is 0 Å². The molecule has 2 aromatic rings. The van der Waals surface area contributed by atoms with Crippen LogP contribution in [0, 0.1) is 11.3 Å². The van der Waals surface area contributed by atoms with Crippen molar-refractivity contribution in [2.45, 2.75) is 6.54 Å². The van der Waals surface area contributed by atoms with Gasteiger partial charge < -0.3 is 5.32 Å². The molecule has 0 aliphatic carbocycles. The van der Waals surface area contributed by atoms with E-state index in [2.05, 4.69) is 32.3 Å². The van der Waals surface area contributed by atoms with Gasteiger partial charge in [-0.25, -0.2) is 0 Å². The van der Waals surface area contributed by atoms with Crippen LogP contribution in [0.1, 0.15) is 11.1 Å². The average Bonchev–Trinajstić information content (AvgIpc) is 2.37. The standard InChI is InChI=1S/C13H10BrN3/c14-12-4-11(7-16-9-12)8-17-13-3-1-2-10(5-13)6-15/h1-5,7,9,17H,8H2. The van der Waals surface area contributed by atoms with Gasteiger partial charge in [0, 0.05) is 29.1 Å². The van der Waals surface area contributed by atoms with Gasteiger partial charge in [-0.1, -0.05) is 6.07 Å². The van der Waals surface area contributed by atoms with E-state index in [1.807, 2.05) is 30.5 Å². The van der Waals surface area contributed by atoms with Crippen molar-refractivity contribution in [1.82, 2.24) is 4.98 Å². The molecule has 2 rings (SSSR count). The highest BCUT2D eigenvalue weighted by molar-refractivity contribution is 9.10. The number of hydrogen-bond donors (Lipinski definition) is 1. The first-order valence-corrected chi connectivity index (χ1v) is 5.91. The van der Waals surface area contributed by atoms with E-state index in [4.69, 9.17) is 5.26 Å². The maximum atomic E-state index is 8.79. The lowest BCUT2D eigenvalue weighted by Gasteiger charge is -2.06. The third-order valence-corrected chi connectivity index (χ3v) is 2.68. The van der Waals surface area contributed by atoms with E-state index >= 15 is 0 Å². The first-order chi connectivity index (χ1) is 8.28. The molecule has 17 heavy (non-hydrogen) atoms. The van der Waals surface area contributed by atoms with Crippen LogP contribution in [0.25, 0.3) is 0 Å². The normalized spacial score (nSPS) is 9.65. The number of halogens is 1. The Morgan fingerprint density at radius 1 is 1.29 bits per heavy atom. The molecule has 0 aliphatic rings. The van der Waals surface area contributed by atoms with Crippen LogP contribution in [0.5, 0.6) is 0 Å². The minimum Gasteiger partial charge on any atom is -0.381 e. The molecule has 0 aliphatic heterocycles. The predicted octanol–water partition coefficient (Wildman–Crippen LogP) is 3.33. The third-order valence-electron chi connectivity index (χ3n) is 2.25. The second-order valence-corrected chi connectivity index (χ2v) is 4.47. The highest BCUT2D eigenvalue weighted by Gasteiger charge is 1.97. The maximum Gasteiger partial charge on any atom is 0.0992 e. The summed E-state index contributed by atoms with van der Waals surface area (Å²) in [4.78, 5) is 4.09. The SMILES string of the molecule is N#Cc1cccc(NCc2cncc(Br)c2)c1. The zero-order valence-corrected chi connectivity index (χ0v) is 10.6. The van der Waals surface area contributed by atoms with Crippen molar-refractivity contribution in [3.8, 4) is 6.07 Å². The Bertz CT molecular complexity index is 561. The molecule has 4 heteroatoms. The monoisotopic (exact) mass is 287 g/mol. The number of pyridine rings is 1. The van der Waals surface area contributed by atoms with E-state index in [9.17, 15) is 0 Å². The van der Waals surface area contributed by atoms with Crippen LogP contribution in [-0.4, -0.2) is 4.98 Å². The van der Waals surface area contributed by atoms with E-state index in [0.717, 1.165) is 15.7 Å². The van der Waals surface area contributed by atoms with Gasteiger partial charge in [0.05, 0.1) is 11.6 Å². The Labute approximate surface area is 108 Å². The minimum absolute atomic E-state index is 0.655. The van der Waals surface area contributed by atoms with Crippen molar-refractivity contribution in [2.75, 3.05) is 5.32 Å². The van der Waals surface area contributed by atoms with Crippen molar-refractivity contribution in [1.29, 1.82) is 5.26 Å². The number of nitrogens with one attached hydrogen (secondary N) is 1. The van der Waals surface area contributed by atoms with Crippen LogP contribution < -0.4 is 5.32 Å². The number of nitriles is 1. The number of rotatable bonds is 3. The van der Waals surface area contributed by atoms with Crippen LogP contribution in [0.2, 0.25) is 0 Å². The smallest absolute Gasteiger partial charge is 0.0992 e. The summed E-state index contributed by atoms with van der Waals surface area (Å²) in [5.74, 6) is 0. The Balaban J connectivity index is 2.05. The number of nitrogens with zero attached hydrogens (tertiary/aromatic N) is 2. The summed E-state index contributed by atoms with van der Waals surface area (Å²) in [5, 5.41) is 12.0. The van der Waals surface area contributed by atoms with Gasteiger partial charge in [0.25, 0.3) is 0 Å². The van der Waals surface area contributed by atoms with Gasteiger partial charge in [-0.2, -0.15) is 5.26 Å². The first-order valence-electron chi connectivity index (χ1n) is 5.11. The van der Waals surface area contributed by atoms with Gasteiger partial charge in [-0.3, -0.25) is 4.98 Å². The van der Waals surface area contributed by atoms with Gasteiger partial charge in [0.1, 0.15) is 0 Å². The summed E-state index contributed by atoms with van der Waals surface area (Å²) < 4.78 is 0.961. The number of hydrogen-bond acceptors (Lipinski definition) is 3. The van der Waals surface area contributed by atoms with Gasteiger partial charge in [0.15, 0.2) is 0 Å². The van der Waals surface area contributed by atoms with Gasteiger partial charge in [-0.15, -0.1) is 0 Å². The predicted molar refractivity (Wildman–Crippen MR) is 70.4 cm³/mol. The lowest BCUT2D eigenvalue weighted by Crippen LogP contribution is -1.99. The highest BCUT2D eigenvalue weighted by Crippen LogP contribution is 2.13. The third kappa shape index (κ3) is 3.30.